The van der Waals surface area contributed by atoms with Crippen LogP contribution < -0.4 is 0 Å². The van der Waals surface area contributed by atoms with Gasteiger partial charge in [0.15, 0.2) is 0 Å². The molecule has 0 atom stereocenters. The fraction of sp³-hybridized carbons (Fsp3) is 0.423. The second-order valence-electron chi connectivity index (χ2n) is 8.31. The maximum atomic E-state index is 14.9. The molecule has 1 aliphatic rings. The Balaban J connectivity index is 1.59. The van der Waals surface area contributed by atoms with Crippen molar-refractivity contribution in [2.75, 3.05) is 0 Å². The predicted molar refractivity (Wildman–Crippen MR) is 115 cm³/mol. The topological polar surface area (TPSA) is 23.8 Å². The summed E-state index contributed by atoms with van der Waals surface area (Å²) in [4.78, 5) is 0. The first-order chi connectivity index (χ1) is 14.4. The van der Waals surface area contributed by atoms with Crippen molar-refractivity contribution in [3.63, 3.8) is 0 Å². The standard InChI is InChI=1S/C26H28F3N/c1-2-3-4-5-19-8-14-24(15-9-19)26(28,29)17-20-6-10-21(11-7-20)22-12-13-23(18-30)25(27)16-22/h2-3,6-7,10-13,16,19,24H,4-5,8-9,14-15,17H2,1H3/b3-2+. The third-order valence-corrected chi connectivity index (χ3v) is 6.24. The second-order valence-corrected chi connectivity index (χ2v) is 8.31. The molecule has 0 saturated heterocycles. The molecule has 0 unspecified atom stereocenters. The molecule has 0 aliphatic heterocycles. The summed E-state index contributed by atoms with van der Waals surface area (Å²) in [7, 11) is 0. The van der Waals surface area contributed by atoms with E-state index in [1.54, 1.807) is 36.4 Å². The molecule has 30 heavy (non-hydrogen) atoms. The molecule has 0 spiro atoms. The van der Waals surface area contributed by atoms with Crippen molar-refractivity contribution in [2.45, 2.75) is 57.8 Å². The highest BCUT2D eigenvalue weighted by atomic mass is 19.3. The van der Waals surface area contributed by atoms with E-state index in [2.05, 4.69) is 6.08 Å². The number of halogens is 3. The lowest BCUT2D eigenvalue weighted by atomic mass is 9.76. The Morgan fingerprint density at radius 3 is 2.30 bits per heavy atom. The highest BCUT2D eigenvalue weighted by Gasteiger charge is 2.41. The van der Waals surface area contributed by atoms with Gasteiger partial charge in [0.2, 0.25) is 0 Å². The molecule has 2 aromatic rings. The van der Waals surface area contributed by atoms with Crippen LogP contribution in [0.5, 0.6) is 0 Å². The van der Waals surface area contributed by atoms with E-state index in [1.807, 2.05) is 13.0 Å². The number of hydrogen-bond acceptors (Lipinski definition) is 1. The highest BCUT2D eigenvalue weighted by molar-refractivity contribution is 5.64. The molecule has 1 aliphatic carbocycles. The number of nitriles is 1. The molecule has 0 aromatic heterocycles. The molecular weight excluding hydrogens is 383 g/mol. The molecule has 0 N–H and O–H groups in total. The summed E-state index contributed by atoms with van der Waals surface area (Å²) in [5, 5.41) is 8.83. The van der Waals surface area contributed by atoms with Gasteiger partial charge in [-0.2, -0.15) is 5.26 Å². The lowest BCUT2D eigenvalue weighted by molar-refractivity contribution is -0.0745. The summed E-state index contributed by atoms with van der Waals surface area (Å²) in [6.45, 7) is 2.01. The van der Waals surface area contributed by atoms with Crippen LogP contribution >= 0.6 is 0 Å². The van der Waals surface area contributed by atoms with Crippen molar-refractivity contribution >= 4 is 0 Å². The third-order valence-electron chi connectivity index (χ3n) is 6.24. The summed E-state index contributed by atoms with van der Waals surface area (Å²) in [5.41, 5.74) is 1.95. The highest BCUT2D eigenvalue weighted by Crippen LogP contribution is 2.41. The molecule has 1 fully saturated rings. The number of hydrogen-bond donors (Lipinski definition) is 0. The zero-order valence-corrected chi connectivity index (χ0v) is 17.4. The Bertz CT molecular complexity index is 901. The fourth-order valence-corrected chi connectivity index (χ4v) is 4.39. The van der Waals surface area contributed by atoms with Crippen LogP contribution in [0.4, 0.5) is 13.2 Å². The van der Waals surface area contributed by atoms with Gasteiger partial charge in [-0.15, -0.1) is 0 Å². The predicted octanol–water partition coefficient (Wildman–Crippen LogP) is 7.70. The van der Waals surface area contributed by atoms with Crippen LogP contribution in [0.25, 0.3) is 11.1 Å². The van der Waals surface area contributed by atoms with E-state index in [1.165, 1.54) is 12.1 Å². The lowest BCUT2D eigenvalue weighted by Gasteiger charge is -2.33. The Labute approximate surface area is 177 Å². The molecule has 4 heteroatoms. The van der Waals surface area contributed by atoms with Gasteiger partial charge in [-0.1, -0.05) is 42.5 Å². The van der Waals surface area contributed by atoms with Crippen molar-refractivity contribution in [1.29, 1.82) is 5.26 Å². The Morgan fingerprint density at radius 1 is 1.03 bits per heavy atom. The quantitative estimate of drug-likeness (QED) is 0.428. The summed E-state index contributed by atoms with van der Waals surface area (Å²) in [6.07, 6.45) is 9.04. The van der Waals surface area contributed by atoms with Gasteiger partial charge in [-0.3, -0.25) is 0 Å². The molecule has 0 radical (unpaired) electrons. The van der Waals surface area contributed by atoms with Gasteiger partial charge in [0.1, 0.15) is 11.9 Å². The van der Waals surface area contributed by atoms with Gasteiger partial charge in [-0.25, -0.2) is 13.2 Å². The van der Waals surface area contributed by atoms with Crippen molar-refractivity contribution in [1.82, 2.24) is 0 Å². The molecule has 158 valence electrons. The van der Waals surface area contributed by atoms with Crippen molar-refractivity contribution in [3.8, 4) is 17.2 Å². The van der Waals surface area contributed by atoms with Crippen LogP contribution in [0.3, 0.4) is 0 Å². The van der Waals surface area contributed by atoms with E-state index in [0.29, 0.717) is 29.9 Å². The number of allylic oxidation sites excluding steroid dienone is 2. The smallest absolute Gasteiger partial charge is 0.206 e. The van der Waals surface area contributed by atoms with Gasteiger partial charge in [0.05, 0.1) is 5.56 Å². The number of nitrogens with zero attached hydrogens (tertiary/aromatic N) is 1. The minimum absolute atomic E-state index is 0.00781. The fourth-order valence-electron chi connectivity index (χ4n) is 4.39. The van der Waals surface area contributed by atoms with Crippen LogP contribution in [0.1, 0.15) is 56.6 Å². The minimum Gasteiger partial charge on any atom is -0.206 e. The average Bonchev–Trinajstić information content (AvgIpc) is 2.74. The molecular formula is C26H28F3N. The van der Waals surface area contributed by atoms with E-state index in [4.69, 9.17) is 5.26 Å². The van der Waals surface area contributed by atoms with Crippen LogP contribution in [0, 0.1) is 29.0 Å². The number of alkyl halides is 2. The zero-order chi connectivity index (χ0) is 21.6. The maximum Gasteiger partial charge on any atom is 0.254 e. The molecule has 2 aromatic carbocycles. The first-order valence-electron chi connectivity index (χ1n) is 10.7. The molecule has 0 amide bonds. The molecule has 0 heterocycles. The monoisotopic (exact) mass is 411 g/mol. The second kappa shape index (κ2) is 9.98. The van der Waals surface area contributed by atoms with Crippen LogP contribution in [-0.4, -0.2) is 5.92 Å². The van der Waals surface area contributed by atoms with Crippen molar-refractivity contribution < 1.29 is 13.2 Å². The minimum atomic E-state index is -2.71. The van der Waals surface area contributed by atoms with E-state index >= 15 is 0 Å². The van der Waals surface area contributed by atoms with E-state index < -0.39 is 17.7 Å². The van der Waals surface area contributed by atoms with Gasteiger partial charge in [-0.05, 0) is 80.2 Å². The molecule has 3 rings (SSSR count). The number of benzene rings is 2. The normalized spacial score (nSPS) is 19.7. The molecule has 1 saturated carbocycles. The largest absolute Gasteiger partial charge is 0.254 e. The average molecular weight is 412 g/mol. The summed E-state index contributed by atoms with van der Waals surface area (Å²) >= 11 is 0. The third kappa shape index (κ3) is 5.53. The lowest BCUT2D eigenvalue weighted by Crippen LogP contribution is -2.34. The summed E-state index contributed by atoms with van der Waals surface area (Å²) in [6, 6.07) is 13.1. The zero-order valence-electron chi connectivity index (χ0n) is 17.4. The van der Waals surface area contributed by atoms with E-state index in [0.717, 1.165) is 31.2 Å². The van der Waals surface area contributed by atoms with E-state index in [9.17, 15) is 13.2 Å². The van der Waals surface area contributed by atoms with Gasteiger partial charge in [0, 0.05) is 12.3 Å². The van der Waals surface area contributed by atoms with Gasteiger partial charge in [0.25, 0.3) is 5.92 Å². The summed E-state index contributed by atoms with van der Waals surface area (Å²) in [5.74, 6) is -3.27. The Hall–Kier alpha value is -2.54. The van der Waals surface area contributed by atoms with E-state index in [-0.39, 0.29) is 12.0 Å². The molecule has 1 nitrogen and oxygen atoms in total. The van der Waals surface area contributed by atoms with Crippen molar-refractivity contribution in [3.05, 3.63) is 71.6 Å². The molecule has 0 bridgehead atoms. The van der Waals surface area contributed by atoms with Crippen LogP contribution in [-0.2, 0) is 6.42 Å². The Kier molecular flexibility index (Phi) is 7.37. The van der Waals surface area contributed by atoms with Gasteiger partial charge < -0.3 is 0 Å². The van der Waals surface area contributed by atoms with Crippen LogP contribution in [0.15, 0.2) is 54.6 Å². The van der Waals surface area contributed by atoms with Crippen LogP contribution in [0.2, 0.25) is 0 Å². The van der Waals surface area contributed by atoms with Gasteiger partial charge >= 0.3 is 0 Å². The number of rotatable bonds is 7. The maximum absolute atomic E-state index is 14.9. The Morgan fingerprint density at radius 2 is 1.70 bits per heavy atom. The SMILES string of the molecule is C/C=C/CCC1CCC(C(F)(F)Cc2ccc(-c3ccc(C#N)c(F)c3)cc2)CC1. The summed E-state index contributed by atoms with van der Waals surface area (Å²) < 4.78 is 43.6. The first-order valence-corrected chi connectivity index (χ1v) is 10.7. The first kappa shape index (κ1) is 22.2. The van der Waals surface area contributed by atoms with Crippen molar-refractivity contribution in [2.24, 2.45) is 11.8 Å².